The van der Waals surface area contributed by atoms with Crippen LogP contribution < -0.4 is 0 Å². The Labute approximate surface area is 319 Å². The van der Waals surface area contributed by atoms with Crippen LogP contribution in [0.1, 0.15) is 130 Å². The molecule has 288 valence electrons. The standard InChI is InChI=1S/C47H64O6/c1-43(2,52-41(48)39-29-31-11-13-33(39)27-31)23-25-50-46(7,8)37-19-15-35(16-20-37)45(5,6)36-17-21-38(22-18-36)47(9,10)51-26-24-44(3,4)53-42(49)40-30-32-12-14-34(40)28-32/h11-22,31-34,39-40H,23-30H2,1-10H3. The fourth-order valence-corrected chi connectivity index (χ4v) is 8.92. The van der Waals surface area contributed by atoms with Crippen molar-refractivity contribution in [2.24, 2.45) is 35.5 Å². The van der Waals surface area contributed by atoms with Gasteiger partial charge in [-0.1, -0.05) is 86.7 Å². The second-order valence-electron chi connectivity index (χ2n) is 19.1. The fourth-order valence-electron chi connectivity index (χ4n) is 8.92. The van der Waals surface area contributed by atoms with Crippen LogP contribution in [-0.4, -0.2) is 36.4 Å². The maximum Gasteiger partial charge on any atom is 0.310 e. The van der Waals surface area contributed by atoms with E-state index >= 15 is 0 Å². The summed E-state index contributed by atoms with van der Waals surface area (Å²) in [7, 11) is 0. The number of carbonyl (C=O) groups is 2. The first-order valence-corrected chi connectivity index (χ1v) is 20.1. The number of hydrogen-bond donors (Lipinski definition) is 0. The summed E-state index contributed by atoms with van der Waals surface area (Å²) in [6.07, 6.45) is 14.2. The maximum absolute atomic E-state index is 12.9. The number of allylic oxidation sites excluding steroid dienone is 4. The average molecular weight is 725 g/mol. The Kier molecular flexibility index (Phi) is 11.0. The molecule has 0 amide bonds. The van der Waals surface area contributed by atoms with E-state index in [0.717, 1.165) is 36.8 Å². The van der Waals surface area contributed by atoms with E-state index in [1.807, 2.05) is 27.7 Å². The molecule has 2 aromatic carbocycles. The zero-order valence-corrected chi connectivity index (χ0v) is 34.0. The molecule has 53 heavy (non-hydrogen) atoms. The molecule has 4 aliphatic carbocycles. The molecule has 0 saturated heterocycles. The number of carbonyl (C=O) groups excluding carboxylic acids is 2. The second kappa shape index (κ2) is 14.8. The lowest BCUT2D eigenvalue weighted by Crippen LogP contribution is -2.35. The van der Waals surface area contributed by atoms with Gasteiger partial charge in [-0.25, -0.2) is 0 Å². The molecule has 2 aromatic rings. The topological polar surface area (TPSA) is 71.1 Å². The Balaban J connectivity index is 0.978. The lowest BCUT2D eigenvalue weighted by Gasteiger charge is -2.32. The number of fused-ring (bicyclic) bond motifs is 4. The van der Waals surface area contributed by atoms with Gasteiger partial charge in [-0.05, 0) is 127 Å². The quantitative estimate of drug-likeness (QED) is 0.127. The second-order valence-corrected chi connectivity index (χ2v) is 19.1. The maximum atomic E-state index is 12.9. The molecule has 6 nitrogen and oxygen atoms in total. The van der Waals surface area contributed by atoms with E-state index < -0.39 is 22.4 Å². The third-order valence-electron chi connectivity index (χ3n) is 12.9. The molecule has 6 heteroatoms. The Bertz CT molecular complexity index is 1550. The number of ether oxygens (including phenoxy) is 4. The lowest BCUT2D eigenvalue weighted by molar-refractivity contribution is -0.166. The molecule has 0 N–H and O–H groups in total. The molecule has 6 atom stereocenters. The van der Waals surface area contributed by atoms with E-state index in [1.165, 1.54) is 11.1 Å². The molecular weight excluding hydrogens is 661 g/mol. The van der Waals surface area contributed by atoms with Crippen molar-refractivity contribution in [2.75, 3.05) is 13.2 Å². The highest BCUT2D eigenvalue weighted by Gasteiger charge is 2.43. The molecule has 4 bridgehead atoms. The van der Waals surface area contributed by atoms with Crippen molar-refractivity contribution < 1.29 is 28.5 Å². The zero-order valence-electron chi connectivity index (χ0n) is 34.0. The third-order valence-corrected chi connectivity index (χ3v) is 12.9. The highest BCUT2D eigenvalue weighted by atomic mass is 16.6. The minimum atomic E-state index is -0.580. The van der Waals surface area contributed by atoms with Gasteiger partial charge >= 0.3 is 11.9 Å². The summed E-state index contributed by atoms with van der Waals surface area (Å²) in [6, 6.07) is 17.5. The third kappa shape index (κ3) is 9.02. The van der Waals surface area contributed by atoms with Gasteiger partial charge in [0.05, 0.1) is 36.3 Å². The highest BCUT2D eigenvalue weighted by Crippen LogP contribution is 2.46. The van der Waals surface area contributed by atoms with Gasteiger partial charge in [-0.2, -0.15) is 0 Å². The van der Waals surface area contributed by atoms with Gasteiger partial charge in [-0.15, -0.1) is 0 Å². The van der Waals surface area contributed by atoms with Crippen LogP contribution >= 0.6 is 0 Å². The Morgan fingerprint density at radius 3 is 1.15 bits per heavy atom. The van der Waals surface area contributed by atoms with E-state index in [9.17, 15) is 9.59 Å². The van der Waals surface area contributed by atoms with Crippen LogP contribution in [0, 0.1) is 35.5 Å². The largest absolute Gasteiger partial charge is 0.459 e. The lowest BCUT2D eigenvalue weighted by atomic mass is 9.77. The van der Waals surface area contributed by atoms with Crippen LogP contribution in [0.25, 0.3) is 0 Å². The molecule has 0 spiro atoms. The summed E-state index contributed by atoms with van der Waals surface area (Å²) < 4.78 is 24.8. The van der Waals surface area contributed by atoms with Gasteiger partial charge in [0.15, 0.2) is 0 Å². The molecule has 0 radical (unpaired) electrons. The van der Waals surface area contributed by atoms with Crippen LogP contribution in [0.2, 0.25) is 0 Å². The summed E-state index contributed by atoms with van der Waals surface area (Å²) in [6.45, 7) is 21.8. The van der Waals surface area contributed by atoms with Crippen LogP contribution in [-0.2, 0) is 45.2 Å². The van der Waals surface area contributed by atoms with Crippen LogP contribution in [0.3, 0.4) is 0 Å². The Hall–Kier alpha value is -3.22. The van der Waals surface area contributed by atoms with E-state index in [-0.39, 0.29) is 29.2 Å². The summed E-state index contributed by atoms with van der Waals surface area (Å²) in [5.74, 6) is 1.68. The molecule has 6 unspecified atom stereocenters. The van der Waals surface area contributed by atoms with Crippen molar-refractivity contribution in [2.45, 2.75) is 136 Å². The van der Waals surface area contributed by atoms with Crippen LogP contribution in [0.15, 0.2) is 72.8 Å². The summed E-state index contributed by atoms with van der Waals surface area (Å²) in [5, 5.41) is 0. The minimum absolute atomic E-state index is 0.00526. The van der Waals surface area contributed by atoms with Crippen molar-refractivity contribution in [1.29, 1.82) is 0 Å². The van der Waals surface area contributed by atoms with Crippen LogP contribution in [0.4, 0.5) is 0 Å². The van der Waals surface area contributed by atoms with Crippen molar-refractivity contribution in [3.8, 4) is 0 Å². The summed E-state index contributed by atoms with van der Waals surface area (Å²) >= 11 is 0. The SMILES string of the molecule is CC(C)(CCOC(C)(C)c1ccc(C(C)(C)c2ccc(C(C)(C)OCCC(C)(C)OC(=O)C3CC4C=CC3C4)cc2)cc1)OC(=O)C1CC2C=CC1C2. The van der Waals surface area contributed by atoms with Crippen molar-refractivity contribution in [3.05, 3.63) is 95.1 Å². The fraction of sp³-hybridized carbons (Fsp3) is 0.617. The first-order chi connectivity index (χ1) is 24.7. The monoisotopic (exact) mass is 724 g/mol. The average Bonchev–Trinajstić information content (AvgIpc) is 3.91. The number of esters is 2. The van der Waals surface area contributed by atoms with Gasteiger partial charge in [0, 0.05) is 18.3 Å². The molecule has 2 fully saturated rings. The Morgan fingerprint density at radius 1 is 0.509 bits per heavy atom. The number of benzene rings is 2. The van der Waals surface area contributed by atoms with Gasteiger partial charge < -0.3 is 18.9 Å². The van der Waals surface area contributed by atoms with Crippen LogP contribution in [0.5, 0.6) is 0 Å². The molecular formula is C47H64O6. The van der Waals surface area contributed by atoms with Gasteiger partial charge in [-0.3, -0.25) is 9.59 Å². The molecule has 0 aliphatic heterocycles. The van der Waals surface area contributed by atoms with E-state index in [0.29, 0.717) is 49.7 Å². The zero-order chi connectivity index (χ0) is 38.4. The summed E-state index contributed by atoms with van der Waals surface area (Å²) in [4.78, 5) is 25.9. The molecule has 4 aliphatic rings. The molecule has 6 rings (SSSR count). The van der Waals surface area contributed by atoms with Gasteiger partial charge in [0.25, 0.3) is 0 Å². The summed E-state index contributed by atoms with van der Waals surface area (Å²) in [5.41, 5.74) is 2.31. The van der Waals surface area contributed by atoms with E-state index in [4.69, 9.17) is 18.9 Å². The first-order valence-electron chi connectivity index (χ1n) is 20.1. The van der Waals surface area contributed by atoms with Crippen molar-refractivity contribution >= 4 is 11.9 Å². The smallest absolute Gasteiger partial charge is 0.310 e. The van der Waals surface area contributed by atoms with E-state index in [1.54, 1.807) is 0 Å². The first kappa shape index (κ1) is 39.5. The van der Waals surface area contributed by atoms with E-state index in [2.05, 4.69) is 114 Å². The molecule has 2 saturated carbocycles. The number of hydrogen-bond acceptors (Lipinski definition) is 6. The number of rotatable bonds is 16. The van der Waals surface area contributed by atoms with Crippen molar-refractivity contribution in [3.63, 3.8) is 0 Å². The minimum Gasteiger partial charge on any atom is -0.459 e. The predicted molar refractivity (Wildman–Crippen MR) is 210 cm³/mol. The predicted octanol–water partition coefficient (Wildman–Crippen LogP) is 10.4. The van der Waals surface area contributed by atoms with Gasteiger partial charge in [0.2, 0.25) is 0 Å². The highest BCUT2D eigenvalue weighted by molar-refractivity contribution is 5.75. The molecule has 0 heterocycles. The van der Waals surface area contributed by atoms with Crippen molar-refractivity contribution in [1.82, 2.24) is 0 Å². The molecule has 0 aromatic heterocycles. The normalized spacial score (nSPS) is 25.3. The Morgan fingerprint density at radius 2 is 0.849 bits per heavy atom. The van der Waals surface area contributed by atoms with Gasteiger partial charge in [0.1, 0.15) is 11.2 Å².